The summed E-state index contributed by atoms with van der Waals surface area (Å²) >= 11 is 12.0. The van der Waals surface area contributed by atoms with E-state index in [1.54, 1.807) is 19.2 Å². The molecular formula is C18H17Cl2NO4. The van der Waals surface area contributed by atoms with E-state index in [-0.39, 0.29) is 27.3 Å². The second-order valence-corrected chi connectivity index (χ2v) is 6.07. The number of hydrogen-bond donors (Lipinski definition) is 0. The third-order valence-electron chi connectivity index (χ3n) is 3.54. The number of carbonyl (C=O) groups excluding carboxylic acids is 2. The third-order valence-corrected chi connectivity index (χ3v) is 4.11. The zero-order valence-corrected chi connectivity index (χ0v) is 15.5. The summed E-state index contributed by atoms with van der Waals surface area (Å²) in [6.07, 6.45) is -0.975. The highest BCUT2D eigenvalue weighted by Crippen LogP contribution is 2.34. The zero-order chi connectivity index (χ0) is 18.6. The lowest BCUT2D eigenvalue weighted by molar-refractivity contribution is -0.126. The average molecular weight is 382 g/mol. The molecule has 2 rings (SSSR count). The number of carbonyl (C=O) groups is 2. The van der Waals surface area contributed by atoms with Crippen LogP contribution in [0.15, 0.2) is 42.5 Å². The Morgan fingerprint density at radius 2 is 1.64 bits per heavy atom. The molecule has 0 saturated carbocycles. The van der Waals surface area contributed by atoms with Gasteiger partial charge in [0.15, 0.2) is 11.9 Å². The van der Waals surface area contributed by atoms with Gasteiger partial charge >= 0.3 is 5.97 Å². The SMILES string of the molecule is COc1c(Cl)cc(C(=O)O[C@@H](C)C(=O)N(C)c2ccccc2)cc1Cl. The van der Waals surface area contributed by atoms with Crippen molar-refractivity contribution in [1.29, 1.82) is 0 Å². The van der Waals surface area contributed by atoms with Gasteiger partial charge in [-0.25, -0.2) is 4.79 Å². The van der Waals surface area contributed by atoms with Crippen molar-refractivity contribution in [3.8, 4) is 5.75 Å². The molecule has 2 aromatic carbocycles. The smallest absolute Gasteiger partial charge is 0.339 e. The molecule has 0 bridgehead atoms. The quantitative estimate of drug-likeness (QED) is 0.727. The number of methoxy groups -OCH3 is 1. The summed E-state index contributed by atoms with van der Waals surface area (Å²) in [7, 11) is 3.04. The lowest BCUT2D eigenvalue weighted by Gasteiger charge is -2.21. The third kappa shape index (κ3) is 4.44. The Bertz CT molecular complexity index is 757. The van der Waals surface area contributed by atoms with Crippen LogP contribution in [0, 0.1) is 0 Å². The number of nitrogens with zero attached hydrogens (tertiary/aromatic N) is 1. The van der Waals surface area contributed by atoms with Crippen LogP contribution in [0.3, 0.4) is 0 Å². The van der Waals surface area contributed by atoms with E-state index in [2.05, 4.69) is 0 Å². The van der Waals surface area contributed by atoms with Crippen LogP contribution >= 0.6 is 23.2 Å². The molecule has 0 aliphatic heterocycles. The largest absolute Gasteiger partial charge is 0.494 e. The molecule has 2 aromatic rings. The maximum atomic E-state index is 12.4. The van der Waals surface area contributed by atoms with Gasteiger partial charge in [0.1, 0.15) is 0 Å². The first kappa shape index (κ1) is 19.1. The van der Waals surface area contributed by atoms with Crippen molar-refractivity contribution in [2.75, 3.05) is 19.1 Å². The predicted molar refractivity (Wildman–Crippen MR) is 97.7 cm³/mol. The van der Waals surface area contributed by atoms with Gasteiger partial charge in [-0.2, -0.15) is 0 Å². The maximum absolute atomic E-state index is 12.4. The molecule has 1 amide bonds. The van der Waals surface area contributed by atoms with Gasteiger partial charge < -0.3 is 14.4 Å². The topological polar surface area (TPSA) is 55.8 Å². The van der Waals surface area contributed by atoms with Gasteiger partial charge in [0, 0.05) is 12.7 Å². The van der Waals surface area contributed by atoms with E-state index in [1.165, 1.54) is 31.1 Å². The first-order valence-corrected chi connectivity index (χ1v) is 8.17. The summed E-state index contributed by atoms with van der Waals surface area (Å²) in [6.45, 7) is 1.51. The Labute approximate surface area is 156 Å². The predicted octanol–water partition coefficient (Wildman–Crippen LogP) is 4.21. The van der Waals surface area contributed by atoms with Crippen LogP contribution in [0.1, 0.15) is 17.3 Å². The van der Waals surface area contributed by atoms with Crippen LogP contribution in [-0.2, 0) is 9.53 Å². The van der Waals surface area contributed by atoms with Crippen molar-refractivity contribution in [2.45, 2.75) is 13.0 Å². The molecular weight excluding hydrogens is 365 g/mol. The van der Waals surface area contributed by atoms with Crippen molar-refractivity contribution >= 4 is 40.8 Å². The minimum atomic E-state index is -0.975. The fraction of sp³-hybridized carbons (Fsp3) is 0.222. The second kappa shape index (κ2) is 8.23. The Kier molecular flexibility index (Phi) is 6.28. The van der Waals surface area contributed by atoms with Gasteiger partial charge in [0.2, 0.25) is 0 Å². The number of halogens is 2. The van der Waals surface area contributed by atoms with Gasteiger partial charge in [-0.15, -0.1) is 0 Å². The number of esters is 1. The molecule has 132 valence electrons. The minimum Gasteiger partial charge on any atom is -0.494 e. The first-order valence-electron chi connectivity index (χ1n) is 7.41. The minimum absolute atomic E-state index is 0.137. The molecule has 0 saturated heterocycles. The van der Waals surface area contributed by atoms with Crippen LogP contribution < -0.4 is 9.64 Å². The lowest BCUT2D eigenvalue weighted by Crippen LogP contribution is -2.37. The molecule has 0 heterocycles. The molecule has 25 heavy (non-hydrogen) atoms. The molecule has 0 aliphatic carbocycles. The van der Waals surface area contributed by atoms with Crippen molar-refractivity contribution in [3.05, 3.63) is 58.1 Å². The van der Waals surface area contributed by atoms with Gasteiger partial charge in [-0.3, -0.25) is 4.79 Å². The van der Waals surface area contributed by atoms with Gasteiger partial charge in [-0.05, 0) is 31.2 Å². The Hall–Kier alpha value is -2.24. The Morgan fingerprint density at radius 3 is 2.16 bits per heavy atom. The molecule has 0 radical (unpaired) electrons. The van der Waals surface area contributed by atoms with Crippen molar-refractivity contribution in [2.24, 2.45) is 0 Å². The maximum Gasteiger partial charge on any atom is 0.339 e. The summed E-state index contributed by atoms with van der Waals surface area (Å²) in [4.78, 5) is 26.1. The van der Waals surface area contributed by atoms with E-state index in [1.807, 2.05) is 18.2 Å². The fourth-order valence-corrected chi connectivity index (χ4v) is 2.84. The Morgan fingerprint density at radius 1 is 1.08 bits per heavy atom. The number of anilines is 1. The van der Waals surface area contributed by atoms with E-state index in [0.717, 1.165) is 0 Å². The molecule has 0 aliphatic rings. The fourth-order valence-electron chi connectivity index (χ4n) is 2.20. The lowest BCUT2D eigenvalue weighted by atomic mass is 10.2. The van der Waals surface area contributed by atoms with E-state index in [0.29, 0.717) is 5.69 Å². The summed E-state index contributed by atoms with van der Waals surface area (Å²) in [5.74, 6) is -0.785. The number of benzene rings is 2. The average Bonchev–Trinajstić information content (AvgIpc) is 2.60. The summed E-state index contributed by atoms with van der Waals surface area (Å²) < 4.78 is 10.3. The highest BCUT2D eigenvalue weighted by atomic mass is 35.5. The molecule has 0 N–H and O–H groups in total. The Balaban J connectivity index is 2.11. The number of rotatable bonds is 5. The van der Waals surface area contributed by atoms with E-state index in [4.69, 9.17) is 32.7 Å². The van der Waals surface area contributed by atoms with E-state index < -0.39 is 12.1 Å². The number of amides is 1. The van der Waals surface area contributed by atoms with Crippen molar-refractivity contribution < 1.29 is 19.1 Å². The van der Waals surface area contributed by atoms with Gasteiger partial charge in [-0.1, -0.05) is 41.4 Å². The van der Waals surface area contributed by atoms with Crippen LogP contribution in [0.4, 0.5) is 5.69 Å². The molecule has 7 heteroatoms. The number of para-hydroxylation sites is 1. The van der Waals surface area contributed by atoms with Crippen LogP contribution in [0.2, 0.25) is 10.0 Å². The summed E-state index contributed by atoms with van der Waals surface area (Å²) in [5, 5.41) is 0.365. The first-order chi connectivity index (χ1) is 11.8. The highest BCUT2D eigenvalue weighted by Gasteiger charge is 2.24. The van der Waals surface area contributed by atoms with Crippen molar-refractivity contribution in [3.63, 3.8) is 0 Å². The highest BCUT2D eigenvalue weighted by molar-refractivity contribution is 6.37. The summed E-state index contributed by atoms with van der Waals surface area (Å²) in [6, 6.07) is 11.8. The van der Waals surface area contributed by atoms with Gasteiger partial charge in [0.25, 0.3) is 5.91 Å². The number of hydrogen-bond acceptors (Lipinski definition) is 4. The molecule has 5 nitrogen and oxygen atoms in total. The summed E-state index contributed by atoms with van der Waals surface area (Å²) in [5.41, 5.74) is 0.837. The standard InChI is InChI=1S/C18H17Cl2NO4/c1-11(17(22)21(2)13-7-5-4-6-8-13)25-18(23)12-9-14(19)16(24-3)15(20)10-12/h4-11H,1-3H3/t11-/m0/s1. The van der Waals surface area contributed by atoms with Crippen LogP contribution in [0.5, 0.6) is 5.75 Å². The number of ether oxygens (including phenoxy) is 2. The number of likely N-dealkylation sites (N-methyl/N-ethyl adjacent to an activating group) is 1. The second-order valence-electron chi connectivity index (χ2n) is 5.25. The molecule has 0 fully saturated rings. The molecule has 0 unspecified atom stereocenters. The van der Waals surface area contributed by atoms with Gasteiger partial charge in [0.05, 0.1) is 22.7 Å². The van der Waals surface area contributed by atoms with E-state index in [9.17, 15) is 9.59 Å². The normalized spacial score (nSPS) is 11.6. The van der Waals surface area contributed by atoms with E-state index >= 15 is 0 Å². The van der Waals surface area contributed by atoms with Crippen molar-refractivity contribution in [1.82, 2.24) is 0 Å². The molecule has 1 atom stereocenters. The monoisotopic (exact) mass is 381 g/mol. The zero-order valence-electron chi connectivity index (χ0n) is 14.0. The van der Waals surface area contributed by atoms with Crippen LogP contribution in [0.25, 0.3) is 0 Å². The molecule has 0 aromatic heterocycles. The molecule has 0 spiro atoms. The van der Waals surface area contributed by atoms with Crippen LogP contribution in [-0.4, -0.2) is 32.1 Å².